The van der Waals surface area contributed by atoms with Crippen molar-refractivity contribution in [3.05, 3.63) is 42.7 Å². The first-order chi connectivity index (χ1) is 11.3. The second-order valence-corrected chi connectivity index (χ2v) is 5.59. The Kier molecular flexibility index (Phi) is 3.63. The third-order valence-electron chi connectivity index (χ3n) is 3.91. The van der Waals surface area contributed by atoms with Crippen molar-refractivity contribution >= 4 is 22.4 Å². The fourth-order valence-corrected chi connectivity index (χ4v) is 2.79. The molecule has 2 aromatic heterocycles. The van der Waals surface area contributed by atoms with E-state index in [1.807, 2.05) is 10.9 Å². The van der Waals surface area contributed by atoms with Crippen LogP contribution in [0.2, 0.25) is 0 Å². The predicted octanol–water partition coefficient (Wildman–Crippen LogP) is 2.89. The highest BCUT2D eigenvalue weighted by Crippen LogP contribution is 2.23. The maximum absolute atomic E-state index is 13.5. The van der Waals surface area contributed by atoms with Gasteiger partial charge in [-0.2, -0.15) is 5.10 Å². The molecule has 7 heteroatoms. The first-order valence-corrected chi connectivity index (χ1v) is 7.59. The van der Waals surface area contributed by atoms with Gasteiger partial charge >= 0.3 is 0 Å². The lowest BCUT2D eigenvalue weighted by molar-refractivity contribution is 0.0940. The van der Waals surface area contributed by atoms with E-state index in [1.165, 1.54) is 18.5 Å². The van der Waals surface area contributed by atoms with Crippen molar-refractivity contribution in [2.75, 3.05) is 11.9 Å². The minimum Gasteiger partial charge on any atom is -0.376 e. The Labute approximate surface area is 132 Å². The monoisotopic (exact) mass is 313 g/mol. The SMILES string of the molecule is Fc1ccc2ncnc(Nc3cnn(CC4CCCO4)c3)c2c1. The summed E-state index contributed by atoms with van der Waals surface area (Å²) in [4.78, 5) is 8.35. The molecule has 1 aliphatic rings. The first-order valence-electron chi connectivity index (χ1n) is 7.59. The molecule has 1 saturated heterocycles. The van der Waals surface area contributed by atoms with E-state index in [-0.39, 0.29) is 11.9 Å². The molecule has 0 radical (unpaired) electrons. The van der Waals surface area contributed by atoms with Crippen molar-refractivity contribution in [1.29, 1.82) is 0 Å². The number of rotatable bonds is 4. The lowest BCUT2D eigenvalue weighted by Crippen LogP contribution is -2.15. The van der Waals surface area contributed by atoms with Crippen LogP contribution in [0.4, 0.5) is 15.9 Å². The van der Waals surface area contributed by atoms with Gasteiger partial charge in [-0.3, -0.25) is 4.68 Å². The second kappa shape index (κ2) is 5.92. The van der Waals surface area contributed by atoms with Gasteiger partial charge in [-0.25, -0.2) is 14.4 Å². The quantitative estimate of drug-likeness (QED) is 0.802. The summed E-state index contributed by atoms with van der Waals surface area (Å²) in [7, 11) is 0. The van der Waals surface area contributed by atoms with E-state index < -0.39 is 0 Å². The van der Waals surface area contributed by atoms with Crippen LogP contribution in [0, 0.1) is 5.82 Å². The molecule has 1 unspecified atom stereocenters. The number of fused-ring (bicyclic) bond motifs is 1. The molecule has 0 amide bonds. The van der Waals surface area contributed by atoms with Crippen molar-refractivity contribution in [1.82, 2.24) is 19.7 Å². The van der Waals surface area contributed by atoms with Crippen molar-refractivity contribution in [2.45, 2.75) is 25.5 Å². The van der Waals surface area contributed by atoms with Gasteiger partial charge in [0.2, 0.25) is 0 Å². The molecule has 3 aromatic rings. The molecule has 1 fully saturated rings. The molecule has 6 nitrogen and oxygen atoms in total. The molecule has 1 aromatic carbocycles. The van der Waals surface area contributed by atoms with E-state index in [1.54, 1.807) is 12.3 Å². The fraction of sp³-hybridized carbons (Fsp3) is 0.312. The molecular weight excluding hydrogens is 297 g/mol. The summed E-state index contributed by atoms with van der Waals surface area (Å²) in [6.45, 7) is 1.57. The summed E-state index contributed by atoms with van der Waals surface area (Å²) >= 11 is 0. The van der Waals surface area contributed by atoms with Crippen LogP contribution in [0.1, 0.15) is 12.8 Å². The molecule has 1 aliphatic heterocycles. The standard InChI is InChI=1S/C16H16FN5O/c17-11-3-4-15-14(6-11)16(19-10-18-15)21-12-7-20-22(8-12)9-13-2-1-5-23-13/h3-4,6-8,10,13H,1-2,5,9H2,(H,18,19,21). The number of anilines is 2. The molecule has 0 aliphatic carbocycles. The molecule has 1 N–H and O–H groups in total. The van der Waals surface area contributed by atoms with Gasteiger partial charge in [-0.15, -0.1) is 0 Å². The van der Waals surface area contributed by atoms with Gasteiger partial charge in [0.15, 0.2) is 0 Å². The molecule has 0 bridgehead atoms. The van der Waals surface area contributed by atoms with Crippen LogP contribution in [0.3, 0.4) is 0 Å². The van der Waals surface area contributed by atoms with E-state index in [0.717, 1.165) is 31.7 Å². The number of halogens is 1. The van der Waals surface area contributed by atoms with Crippen LogP contribution in [0.25, 0.3) is 10.9 Å². The zero-order valence-corrected chi connectivity index (χ0v) is 12.4. The minimum atomic E-state index is -0.315. The largest absolute Gasteiger partial charge is 0.376 e. The Bertz CT molecular complexity index is 828. The summed E-state index contributed by atoms with van der Waals surface area (Å²) in [5, 5.41) is 8.15. The Balaban J connectivity index is 1.56. The number of nitrogens with zero attached hydrogens (tertiary/aromatic N) is 4. The van der Waals surface area contributed by atoms with Gasteiger partial charge in [0.1, 0.15) is 18.0 Å². The predicted molar refractivity (Wildman–Crippen MR) is 84.0 cm³/mol. The maximum atomic E-state index is 13.5. The third kappa shape index (κ3) is 3.00. The van der Waals surface area contributed by atoms with Crippen LogP contribution in [-0.4, -0.2) is 32.5 Å². The van der Waals surface area contributed by atoms with Crippen molar-refractivity contribution in [3.63, 3.8) is 0 Å². The zero-order chi connectivity index (χ0) is 15.6. The summed E-state index contributed by atoms with van der Waals surface area (Å²) in [6, 6.07) is 4.45. The highest BCUT2D eigenvalue weighted by Gasteiger charge is 2.16. The maximum Gasteiger partial charge on any atom is 0.141 e. The molecule has 3 heterocycles. The number of hydrogen-bond acceptors (Lipinski definition) is 5. The van der Waals surface area contributed by atoms with E-state index in [0.29, 0.717) is 16.7 Å². The summed E-state index contributed by atoms with van der Waals surface area (Å²) < 4.78 is 20.9. The number of benzene rings is 1. The van der Waals surface area contributed by atoms with Gasteiger partial charge in [-0.05, 0) is 31.0 Å². The summed E-state index contributed by atoms with van der Waals surface area (Å²) in [5.41, 5.74) is 1.49. The normalized spacial score (nSPS) is 17.7. The number of aromatic nitrogens is 4. The third-order valence-corrected chi connectivity index (χ3v) is 3.91. The van der Waals surface area contributed by atoms with Crippen molar-refractivity contribution in [2.24, 2.45) is 0 Å². The smallest absolute Gasteiger partial charge is 0.141 e. The highest BCUT2D eigenvalue weighted by molar-refractivity contribution is 5.90. The van der Waals surface area contributed by atoms with Crippen molar-refractivity contribution < 1.29 is 9.13 Å². The summed E-state index contributed by atoms with van der Waals surface area (Å²) in [6.07, 6.45) is 7.49. The molecule has 0 saturated carbocycles. The zero-order valence-electron chi connectivity index (χ0n) is 12.4. The van der Waals surface area contributed by atoms with E-state index >= 15 is 0 Å². The average Bonchev–Trinajstić information content (AvgIpc) is 3.21. The Morgan fingerprint density at radius 1 is 1.35 bits per heavy atom. The minimum absolute atomic E-state index is 0.233. The van der Waals surface area contributed by atoms with E-state index in [2.05, 4.69) is 20.4 Å². The van der Waals surface area contributed by atoms with Gasteiger partial charge < -0.3 is 10.1 Å². The van der Waals surface area contributed by atoms with E-state index in [4.69, 9.17) is 4.74 Å². The number of nitrogens with one attached hydrogen (secondary N) is 1. The van der Waals surface area contributed by atoms with Gasteiger partial charge in [0, 0.05) is 18.2 Å². The van der Waals surface area contributed by atoms with Crippen LogP contribution < -0.4 is 5.32 Å². The second-order valence-electron chi connectivity index (χ2n) is 5.59. The molecule has 118 valence electrons. The molecule has 23 heavy (non-hydrogen) atoms. The Hall–Kier alpha value is -2.54. The molecular formula is C16H16FN5O. The Morgan fingerprint density at radius 3 is 3.17 bits per heavy atom. The summed E-state index contributed by atoms with van der Waals surface area (Å²) in [5.74, 6) is 0.246. The van der Waals surface area contributed by atoms with Crippen LogP contribution >= 0.6 is 0 Å². The Morgan fingerprint density at radius 2 is 2.30 bits per heavy atom. The van der Waals surface area contributed by atoms with Gasteiger partial charge in [0.25, 0.3) is 0 Å². The first kappa shape index (κ1) is 14.1. The molecule has 1 atom stereocenters. The lowest BCUT2D eigenvalue weighted by Gasteiger charge is -2.09. The van der Waals surface area contributed by atoms with Crippen molar-refractivity contribution in [3.8, 4) is 0 Å². The molecule has 4 rings (SSSR count). The number of hydrogen-bond donors (Lipinski definition) is 1. The number of ether oxygens (including phenoxy) is 1. The molecule has 0 spiro atoms. The lowest BCUT2D eigenvalue weighted by atomic mass is 10.2. The highest BCUT2D eigenvalue weighted by atomic mass is 19.1. The van der Waals surface area contributed by atoms with Crippen LogP contribution in [-0.2, 0) is 11.3 Å². The van der Waals surface area contributed by atoms with Crippen LogP contribution in [0.5, 0.6) is 0 Å². The topological polar surface area (TPSA) is 64.9 Å². The van der Waals surface area contributed by atoms with Crippen LogP contribution in [0.15, 0.2) is 36.9 Å². The average molecular weight is 313 g/mol. The van der Waals surface area contributed by atoms with E-state index in [9.17, 15) is 4.39 Å². The van der Waals surface area contributed by atoms with Gasteiger partial charge in [0.05, 0.1) is 30.0 Å². The van der Waals surface area contributed by atoms with Gasteiger partial charge in [-0.1, -0.05) is 0 Å². The fourth-order valence-electron chi connectivity index (χ4n) is 2.79.